The van der Waals surface area contributed by atoms with E-state index in [0.29, 0.717) is 6.42 Å². The SMILES string of the molecule is NC(CCO)CCP(=O)(O)O. The van der Waals surface area contributed by atoms with Crippen molar-refractivity contribution in [3.63, 3.8) is 0 Å². The number of nitrogens with two attached hydrogens (primary N) is 1. The fourth-order valence-electron chi connectivity index (χ4n) is 0.644. The molecule has 0 aromatic rings. The van der Waals surface area contributed by atoms with Crippen molar-refractivity contribution in [2.24, 2.45) is 5.73 Å². The molecule has 0 radical (unpaired) electrons. The van der Waals surface area contributed by atoms with Crippen LogP contribution < -0.4 is 5.73 Å². The van der Waals surface area contributed by atoms with Crippen LogP contribution in [0.25, 0.3) is 0 Å². The minimum absolute atomic E-state index is 0.0394. The summed E-state index contributed by atoms with van der Waals surface area (Å²) in [6, 6.07) is -0.312. The highest BCUT2D eigenvalue weighted by molar-refractivity contribution is 7.51. The molecule has 5 nitrogen and oxygen atoms in total. The number of hydrogen-bond donors (Lipinski definition) is 4. The molecule has 1 unspecified atom stereocenters. The Bertz CT molecular complexity index is 145. The monoisotopic (exact) mass is 183 g/mol. The van der Waals surface area contributed by atoms with E-state index in [1.54, 1.807) is 0 Å². The Balaban J connectivity index is 3.46. The first kappa shape index (κ1) is 11.1. The number of aliphatic hydroxyl groups excluding tert-OH is 1. The Kier molecular flexibility index (Phi) is 4.88. The predicted molar refractivity (Wildman–Crippen MR) is 41.2 cm³/mol. The fourth-order valence-corrected chi connectivity index (χ4v) is 1.31. The van der Waals surface area contributed by atoms with Crippen molar-refractivity contribution >= 4 is 7.60 Å². The van der Waals surface area contributed by atoms with Crippen molar-refractivity contribution in [1.29, 1.82) is 0 Å². The van der Waals surface area contributed by atoms with Crippen LogP contribution >= 0.6 is 7.60 Å². The van der Waals surface area contributed by atoms with Gasteiger partial charge in [-0.2, -0.15) is 0 Å². The van der Waals surface area contributed by atoms with Gasteiger partial charge in [0.1, 0.15) is 0 Å². The molecule has 0 spiro atoms. The Morgan fingerprint density at radius 1 is 1.36 bits per heavy atom. The molecule has 0 aromatic carbocycles. The van der Waals surface area contributed by atoms with Crippen LogP contribution in [0.3, 0.4) is 0 Å². The Hall–Kier alpha value is 0.0700. The highest BCUT2D eigenvalue weighted by Gasteiger charge is 2.14. The molecular weight excluding hydrogens is 169 g/mol. The van der Waals surface area contributed by atoms with Gasteiger partial charge in [0.2, 0.25) is 0 Å². The van der Waals surface area contributed by atoms with Crippen LogP contribution in [0, 0.1) is 0 Å². The molecule has 0 saturated heterocycles. The van der Waals surface area contributed by atoms with Crippen LogP contribution in [0.1, 0.15) is 12.8 Å². The van der Waals surface area contributed by atoms with Crippen LogP contribution in [0.2, 0.25) is 0 Å². The largest absolute Gasteiger partial charge is 0.396 e. The van der Waals surface area contributed by atoms with Gasteiger partial charge in [-0.1, -0.05) is 0 Å². The van der Waals surface area contributed by atoms with Crippen LogP contribution in [-0.4, -0.2) is 33.7 Å². The van der Waals surface area contributed by atoms with Gasteiger partial charge in [0.25, 0.3) is 0 Å². The summed E-state index contributed by atoms with van der Waals surface area (Å²) in [5, 5.41) is 8.39. The van der Waals surface area contributed by atoms with Crippen LogP contribution in [-0.2, 0) is 4.57 Å². The summed E-state index contributed by atoms with van der Waals surface area (Å²) in [7, 11) is -3.90. The summed E-state index contributed by atoms with van der Waals surface area (Å²) in [5.41, 5.74) is 5.39. The zero-order chi connectivity index (χ0) is 8.91. The molecule has 0 rings (SSSR count). The van der Waals surface area contributed by atoms with Crippen molar-refractivity contribution in [3.05, 3.63) is 0 Å². The van der Waals surface area contributed by atoms with Gasteiger partial charge in [-0.3, -0.25) is 4.57 Å². The van der Waals surface area contributed by atoms with E-state index in [0.717, 1.165) is 0 Å². The lowest BCUT2D eigenvalue weighted by molar-refractivity contribution is 0.273. The summed E-state index contributed by atoms with van der Waals surface area (Å²) in [4.78, 5) is 16.9. The first-order chi connectivity index (χ1) is 4.95. The van der Waals surface area contributed by atoms with Gasteiger partial charge in [0.05, 0.1) is 6.16 Å². The van der Waals surface area contributed by atoms with E-state index in [4.69, 9.17) is 20.6 Å². The Labute approximate surface area is 65.4 Å². The number of hydrogen-bond acceptors (Lipinski definition) is 3. The molecule has 0 heterocycles. The second-order valence-electron chi connectivity index (χ2n) is 2.45. The fraction of sp³-hybridized carbons (Fsp3) is 1.00. The molecule has 68 valence electrons. The average Bonchev–Trinajstić information content (AvgIpc) is 1.83. The molecule has 0 amide bonds. The quantitative estimate of drug-likeness (QED) is 0.420. The third-order valence-corrected chi connectivity index (χ3v) is 2.13. The van der Waals surface area contributed by atoms with E-state index in [2.05, 4.69) is 0 Å². The molecule has 0 fully saturated rings. The molecule has 5 N–H and O–H groups in total. The van der Waals surface area contributed by atoms with Gasteiger partial charge in [-0.15, -0.1) is 0 Å². The maximum absolute atomic E-state index is 10.3. The van der Waals surface area contributed by atoms with Crippen LogP contribution in [0.5, 0.6) is 0 Å². The normalized spacial score (nSPS) is 14.9. The summed E-state index contributed by atoms with van der Waals surface area (Å²) < 4.78 is 10.3. The molecule has 6 heteroatoms. The Morgan fingerprint density at radius 2 is 1.91 bits per heavy atom. The van der Waals surface area contributed by atoms with Crippen molar-refractivity contribution in [1.82, 2.24) is 0 Å². The summed E-state index contributed by atoms with van der Waals surface area (Å²) >= 11 is 0. The van der Waals surface area contributed by atoms with Gasteiger partial charge >= 0.3 is 7.60 Å². The van der Waals surface area contributed by atoms with Gasteiger partial charge in [-0.25, -0.2) is 0 Å². The van der Waals surface area contributed by atoms with E-state index in [1.807, 2.05) is 0 Å². The molecule has 0 aliphatic carbocycles. The highest BCUT2D eigenvalue weighted by Crippen LogP contribution is 2.35. The van der Waals surface area contributed by atoms with Crippen molar-refractivity contribution < 1.29 is 19.5 Å². The molecule has 0 aromatic heterocycles. The van der Waals surface area contributed by atoms with Gasteiger partial charge < -0.3 is 20.6 Å². The van der Waals surface area contributed by atoms with Gasteiger partial charge in [0, 0.05) is 12.6 Å². The lowest BCUT2D eigenvalue weighted by Gasteiger charge is -2.09. The summed E-state index contributed by atoms with van der Waals surface area (Å²) in [6.45, 7) is -0.0394. The lowest BCUT2D eigenvalue weighted by Crippen LogP contribution is -2.22. The number of rotatable bonds is 5. The van der Waals surface area contributed by atoms with E-state index >= 15 is 0 Å². The molecule has 11 heavy (non-hydrogen) atoms. The zero-order valence-electron chi connectivity index (χ0n) is 6.18. The summed E-state index contributed by atoms with van der Waals surface area (Å²) in [5.74, 6) is 0. The predicted octanol–water partition coefficient (Wildman–Crippen LogP) is -0.736. The second-order valence-corrected chi connectivity index (χ2v) is 4.23. The lowest BCUT2D eigenvalue weighted by atomic mass is 10.2. The maximum atomic E-state index is 10.3. The van der Waals surface area contributed by atoms with Crippen LogP contribution in [0.15, 0.2) is 0 Å². The molecular formula is C5H14NO4P. The third-order valence-electron chi connectivity index (χ3n) is 1.29. The average molecular weight is 183 g/mol. The Morgan fingerprint density at radius 3 is 2.27 bits per heavy atom. The first-order valence-electron chi connectivity index (χ1n) is 3.36. The molecule has 1 atom stereocenters. The van der Waals surface area contributed by atoms with E-state index in [9.17, 15) is 4.57 Å². The van der Waals surface area contributed by atoms with Gasteiger partial charge in [-0.05, 0) is 12.8 Å². The standard InChI is InChI=1S/C5H14NO4P/c6-5(1-3-7)2-4-11(8,9)10/h5,7H,1-4,6H2,(H2,8,9,10). The molecule has 0 aliphatic rings. The van der Waals surface area contributed by atoms with Crippen molar-refractivity contribution in [2.75, 3.05) is 12.8 Å². The smallest absolute Gasteiger partial charge is 0.325 e. The van der Waals surface area contributed by atoms with Crippen molar-refractivity contribution in [2.45, 2.75) is 18.9 Å². The topological polar surface area (TPSA) is 104 Å². The molecule has 0 aliphatic heterocycles. The van der Waals surface area contributed by atoms with E-state index < -0.39 is 7.60 Å². The zero-order valence-corrected chi connectivity index (χ0v) is 7.07. The first-order valence-corrected chi connectivity index (χ1v) is 5.16. The van der Waals surface area contributed by atoms with Crippen molar-refractivity contribution in [3.8, 4) is 0 Å². The van der Waals surface area contributed by atoms with E-state index in [-0.39, 0.29) is 25.2 Å². The van der Waals surface area contributed by atoms with Gasteiger partial charge in [0.15, 0.2) is 0 Å². The minimum Gasteiger partial charge on any atom is -0.396 e. The molecule has 0 saturated carbocycles. The summed E-state index contributed by atoms with van der Waals surface area (Å²) in [6.07, 6.45) is 0.443. The molecule has 0 bridgehead atoms. The second kappa shape index (κ2) is 4.85. The number of aliphatic hydroxyl groups is 1. The highest BCUT2D eigenvalue weighted by atomic mass is 31.2. The third kappa shape index (κ3) is 7.97. The van der Waals surface area contributed by atoms with E-state index in [1.165, 1.54) is 0 Å². The maximum Gasteiger partial charge on any atom is 0.325 e. The minimum atomic E-state index is -3.90. The van der Waals surface area contributed by atoms with Crippen LogP contribution in [0.4, 0.5) is 0 Å².